The first kappa shape index (κ1) is 3.39. The summed E-state index contributed by atoms with van der Waals surface area (Å²) < 4.78 is 0. The molecule has 1 heteroatoms. The first-order valence-corrected chi connectivity index (χ1v) is 4.59. The summed E-state index contributed by atoms with van der Waals surface area (Å²) >= 11 is 0. The van der Waals surface area contributed by atoms with Gasteiger partial charge < -0.3 is 0 Å². The molecule has 3 aliphatic rings. The van der Waals surface area contributed by atoms with Crippen LogP contribution in [0.15, 0.2) is 0 Å². The third kappa shape index (κ3) is 0.220. The van der Waals surface area contributed by atoms with Crippen LogP contribution in [0.5, 0.6) is 0 Å². The molecule has 0 aromatic heterocycles. The van der Waals surface area contributed by atoms with E-state index >= 15 is 0 Å². The Labute approximate surface area is 46.6 Å². The fourth-order valence-corrected chi connectivity index (χ4v) is 5.67. The molecule has 0 aromatic rings. The van der Waals surface area contributed by atoms with Gasteiger partial charge in [0, 0.05) is 30.2 Å². The lowest BCUT2D eigenvalue weighted by atomic mass is 10.0. The van der Waals surface area contributed by atoms with Gasteiger partial charge in [0.25, 0.3) is 0 Å². The molecule has 0 aromatic carbocycles. The molecule has 0 saturated carbocycles. The number of fused-ring (bicyclic) bond motifs is 1. The van der Waals surface area contributed by atoms with E-state index in [4.69, 9.17) is 0 Å². The second-order valence-corrected chi connectivity index (χ2v) is 5.61. The zero-order valence-corrected chi connectivity index (χ0v) is 5.08. The molecule has 0 bridgehead atoms. The molecule has 4 atom stereocenters. The Morgan fingerprint density at radius 3 is 2.29 bits per heavy atom. The van der Waals surface area contributed by atoms with Gasteiger partial charge in [-0.1, -0.05) is 0 Å². The van der Waals surface area contributed by atoms with Crippen molar-refractivity contribution in [2.24, 2.45) is 0 Å². The van der Waals surface area contributed by atoms with Crippen molar-refractivity contribution in [3.8, 4) is 0 Å². The highest BCUT2D eigenvalue weighted by Crippen LogP contribution is 2.61. The molecule has 38 valence electrons. The molecular weight excluding hydrogens is 104 g/mol. The van der Waals surface area contributed by atoms with Crippen LogP contribution in [-0.4, -0.2) is 15.7 Å². The Morgan fingerprint density at radius 1 is 1.14 bits per heavy atom. The van der Waals surface area contributed by atoms with E-state index in [9.17, 15) is 0 Å². The van der Waals surface area contributed by atoms with Crippen molar-refractivity contribution in [2.75, 3.05) is 0 Å². The maximum atomic E-state index is 1.63. The summed E-state index contributed by atoms with van der Waals surface area (Å²) in [6.45, 7) is 0. The van der Waals surface area contributed by atoms with Crippen LogP contribution in [0.1, 0.15) is 19.3 Å². The van der Waals surface area contributed by atoms with Gasteiger partial charge in [-0.15, -0.1) is 0 Å². The minimum Gasteiger partial charge on any atom is 0.0000532 e. The van der Waals surface area contributed by atoms with Gasteiger partial charge in [-0.3, -0.25) is 0 Å². The summed E-state index contributed by atoms with van der Waals surface area (Å²) in [5.41, 5.74) is 0. The highest BCUT2D eigenvalue weighted by molar-refractivity contribution is 8.07. The van der Waals surface area contributed by atoms with E-state index in [2.05, 4.69) is 0 Å². The number of hydrogen-bond acceptors (Lipinski definition) is 0. The molecule has 0 aliphatic carbocycles. The SMILES string of the molecule is C1CC2C3CC1[S+]23. The molecule has 3 aliphatic heterocycles. The van der Waals surface area contributed by atoms with E-state index in [0.29, 0.717) is 0 Å². The predicted molar refractivity (Wildman–Crippen MR) is 32.6 cm³/mol. The summed E-state index contributed by atoms with van der Waals surface area (Å²) in [5.74, 6) is 0. The van der Waals surface area contributed by atoms with Gasteiger partial charge in [-0.2, -0.15) is 0 Å². The number of rotatable bonds is 0. The van der Waals surface area contributed by atoms with E-state index < -0.39 is 0 Å². The Balaban J connectivity index is 2.07. The fraction of sp³-hybridized carbons (Fsp3) is 1.00. The van der Waals surface area contributed by atoms with Gasteiger partial charge in [0.1, 0.15) is 5.25 Å². The molecule has 3 rings (SSSR count). The molecule has 0 nitrogen and oxygen atoms in total. The molecule has 3 heterocycles. The second-order valence-electron chi connectivity index (χ2n) is 2.92. The van der Waals surface area contributed by atoms with Crippen LogP contribution < -0.4 is 0 Å². The minimum absolute atomic E-state index is 1.05. The third-order valence-corrected chi connectivity index (χ3v) is 6.06. The van der Waals surface area contributed by atoms with Crippen molar-refractivity contribution < 1.29 is 0 Å². The van der Waals surface area contributed by atoms with Gasteiger partial charge in [0.05, 0.1) is 0 Å². The zero-order chi connectivity index (χ0) is 4.43. The van der Waals surface area contributed by atoms with Crippen molar-refractivity contribution in [1.82, 2.24) is 0 Å². The Morgan fingerprint density at radius 2 is 2.14 bits per heavy atom. The molecule has 0 spiro atoms. The second kappa shape index (κ2) is 0.771. The van der Waals surface area contributed by atoms with E-state index in [1.54, 1.807) is 19.3 Å². The van der Waals surface area contributed by atoms with Crippen LogP contribution >= 0.6 is 0 Å². The minimum atomic E-state index is 1.05. The van der Waals surface area contributed by atoms with Crippen molar-refractivity contribution in [3.05, 3.63) is 0 Å². The van der Waals surface area contributed by atoms with E-state index in [1.807, 2.05) is 0 Å². The maximum absolute atomic E-state index is 1.63. The smallest absolute Gasteiger partial charge is 0.0000532 e. The van der Waals surface area contributed by atoms with Crippen LogP contribution in [0, 0.1) is 0 Å². The normalized spacial score (nSPS) is 72.0. The largest absolute Gasteiger partial charge is 0.170 e. The van der Waals surface area contributed by atoms with Crippen LogP contribution in [0.4, 0.5) is 0 Å². The maximum Gasteiger partial charge on any atom is 0.170 e. The summed E-state index contributed by atoms with van der Waals surface area (Å²) in [6.07, 6.45) is 4.84. The van der Waals surface area contributed by atoms with Crippen LogP contribution in [0.2, 0.25) is 0 Å². The van der Waals surface area contributed by atoms with Crippen molar-refractivity contribution in [1.29, 1.82) is 0 Å². The van der Waals surface area contributed by atoms with Gasteiger partial charge >= 0.3 is 0 Å². The summed E-state index contributed by atoms with van der Waals surface area (Å²) in [5, 5.41) is 3.83. The van der Waals surface area contributed by atoms with E-state index in [0.717, 1.165) is 10.9 Å². The topological polar surface area (TPSA) is 0 Å². The zero-order valence-electron chi connectivity index (χ0n) is 4.26. The monoisotopic (exact) mass is 113 g/mol. The summed E-state index contributed by atoms with van der Waals surface area (Å²) in [6, 6.07) is 0. The highest BCUT2D eigenvalue weighted by Gasteiger charge is 2.78. The standard InChI is InChI=1S/C6H9S/c1-2-5-6-3-4(1)7(5)6/h4-6H,1-3H2/q+1. The van der Waals surface area contributed by atoms with Gasteiger partial charge in [0.2, 0.25) is 0 Å². The summed E-state index contributed by atoms with van der Waals surface area (Å²) in [4.78, 5) is 0. The first-order chi connectivity index (χ1) is 3.47. The van der Waals surface area contributed by atoms with Gasteiger partial charge in [-0.25, -0.2) is 0 Å². The fourth-order valence-electron chi connectivity index (χ4n) is 2.25. The van der Waals surface area contributed by atoms with Gasteiger partial charge in [-0.05, 0) is 0 Å². The van der Waals surface area contributed by atoms with Crippen LogP contribution in [0.3, 0.4) is 0 Å². The van der Waals surface area contributed by atoms with Crippen molar-refractivity contribution in [3.63, 3.8) is 0 Å². The Hall–Kier alpha value is 0.350. The molecule has 3 saturated heterocycles. The lowest BCUT2D eigenvalue weighted by Crippen LogP contribution is -2.25. The molecule has 0 amide bonds. The lowest BCUT2D eigenvalue weighted by Gasteiger charge is -2.11. The molecule has 7 heavy (non-hydrogen) atoms. The van der Waals surface area contributed by atoms with Crippen molar-refractivity contribution >= 4 is 10.9 Å². The number of hydrogen-bond donors (Lipinski definition) is 0. The predicted octanol–water partition coefficient (Wildman–Crippen LogP) is 0.922. The van der Waals surface area contributed by atoms with E-state index in [1.165, 1.54) is 15.7 Å². The highest BCUT2D eigenvalue weighted by atomic mass is 32.2. The van der Waals surface area contributed by atoms with Gasteiger partial charge in [0.15, 0.2) is 10.5 Å². The lowest BCUT2D eigenvalue weighted by molar-refractivity contribution is 0.583. The molecule has 0 N–H and O–H groups in total. The molecular formula is C6H9S+. The summed E-state index contributed by atoms with van der Waals surface area (Å²) in [7, 11) is 1.05. The molecule has 3 fully saturated rings. The Kier molecular flexibility index (Phi) is 0.374. The van der Waals surface area contributed by atoms with Crippen LogP contribution in [-0.2, 0) is 10.9 Å². The van der Waals surface area contributed by atoms with Crippen LogP contribution in [0.25, 0.3) is 0 Å². The Bertz CT molecular complexity index is 108. The third-order valence-electron chi connectivity index (χ3n) is 2.69. The first-order valence-electron chi connectivity index (χ1n) is 3.17. The van der Waals surface area contributed by atoms with Crippen molar-refractivity contribution in [2.45, 2.75) is 35.0 Å². The molecule has 4 unspecified atom stereocenters. The molecule has 0 radical (unpaired) electrons. The average Bonchev–Trinajstić information content (AvgIpc) is 2.02. The average molecular weight is 113 g/mol. The quantitative estimate of drug-likeness (QED) is 0.324. The van der Waals surface area contributed by atoms with E-state index in [-0.39, 0.29) is 0 Å².